The van der Waals surface area contributed by atoms with Crippen LogP contribution in [0.25, 0.3) is 0 Å². The summed E-state index contributed by atoms with van der Waals surface area (Å²) in [5.74, 6) is -0.890. The van der Waals surface area contributed by atoms with E-state index >= 15 is 0 Å². The van der Waals surface area contributed by atoms with Gasteiger partial charge in [-0.15, -0.1) is 5.10 Å². The molecule has 1 aromatic carbocycles. The zero-order valence-corrected chi connectivity index (χ0v) is 22.1. The van der Waals surface area contributed by atoms with E-state index in [9.17, 15) is 32.7 Å². The topological polar surface area (TPSA) is 113 Å². The second kappa shape index (κ2) is 14.0. The number of hydrogen-bond donors (Lipinski definition) is 1. The van der Waals surface area contributed by atoms with Gasteiger partial charge in [0.15, 0.2) is 5.60 Å². The summed E-state index contributed by atoms with van der Waals surface area (Å²) in [6, 6.07) is 7.21. The van der Waals surface area contributed by atoms with Crippen molar-refractivity contribution in [1.29, 1.82) is 0 Å². The van der Waals surface area contributed by atoms with E-state index in [1.807, 2.05) is 13.0 Å². The van der Waals surface area contributed by atoms with Crippen molar-refractivity contribution in [2.24, 2.45) is 0 Å². The van der Waals surface area contributed by atoms with Gasteiger partial charge in [0.25, 0.3) is 5.88 Å². The van der Waals surface area contributed by atoms with Crippen molar-refractivity contribution in [2.45, 2.75) is 97.0 Å². The Morgan fingerprint density at radius 1 is 1.05 bits per heavy atom. The molecule has 2 aromatic rings. The molecule has 0 saturated carbocycles. The molecule has 0 amide bonds. The summed E-state index contributed by atoms with van der Waals surface area (Å²) in [5.41, 5.74) is -1.79. The van der Waals surface area contributed by atoms with Crippen LogP contribution in [0, 0.1) is 0 Å². The predicted octanol–water partition coefficient (Wildman–Crippen LogP) is 4.58. The summed E-state index contributed by atoms with van der Waals surface area (Å²) in [6.45, 7) is 4.87. The maximum Gasteiger partial charge on any atom is 0.389 e. The number of alkyl halides is 3. The van der Waals surface area contributed by atoms with Gasteiger partial charge in [0, 0.05) is 19.5 Å². The van der Waals surface area contributed by atoms with Crippen LogP contribution in [0.3, 0.4) is 0 Å². The molecule has 0 bridgehead atoms. The van der Waals surface area contributed by atoms with Crippen molar-refractivity contribution >= 4 is 5.97 Å². The van der Waals surface area contributed by atoms with Crippen LogP contribution >= 0.6 is 0 Å². The number of aromatic nitrogens is 3. The van der Waals surface area contributed by atoms with Gasteiger partial charge in [-0.25, -0.2) is 14.3 Å². The fourth-order valence-corrected chi connectivity index (χ4v) is 3.60. The smallest absolute Gasteiger partial charge is 0.389 e. The molecule has 1 heterocycles. The first kappa shape index (κ1) is 30.9. The average Bonchev–Trinajstić information content (AvgIpc) is 2.82. The van der Waals surface area contributed by atoms with E-state index in [0.717, 1.165) is 40.5 Å². The number of ether oxygens (including phenoxy) is 2. The number of rotatable bonds is 16. The maximum atomic E-state index is 12.7. The molecule has 212 valence electrons. The normalized spacial score (nSPS) is 11.9. The monoisotopic (exact) mass is 543 g/mol. The lowest BCUT2D eigenvalue weighted by molar-refractivity contribution is -0.152. The van der Waals surface area contributed by atoms with Gasteiger partial charge in [-0.3, -0.25) is 9.36 Å². The van der Waals surface area contributed by atoms with E-state index in [1.54, 1.807) is 18.2 Å². The lowest BCUT2D eigenvalue weighted by Gasteiger charge is -2.21. The zero-order valence-electron chi connectivity index (χ0n) is 22.1. The molecule has 12 heteroatoms. The third kappa shape index (κ3) is 9.86. The van der Waals surface area contributed by atoms with Gasteiger partial charge in [0.05, 0.1) is 6.61 Å². The molecule has 0 fully saturated rings. The predicted molar refractivity (Wildman–Crippen MR) is 135 cm³/mol. The number of aliphatic carboxylic acids is 1. The zero-order chi connectivity index (χ0) is 28.3. The van der Waals surface area contributed by atoms with Crippen molar-refractivity contribution in [2.75, 3.05) is 6.61 Å². The van der Waals surface area contributed by atoms with E-state index in [0.29, 0.717) is 18.6 Å². The first-order chi connectivity index (χ1) is 17.8. The van der Waals surface area contributed by atoms with E-state index in [4.69, 9.17) is 9.47 Å². The minimum atomic E-state index is -4.34. The van der Waals surface area contributed by atoms with E-state index in [2.05, 4.69) is 5.10 Å². The minimum absolute atomic E-state index is 0.138. The van der Waals surface area contributed by atoms with Gasteiger partial charge >= 0.3 is 23.4 Å². The Morgan fingerprint density at radius 3 is 2.45 bits per heavy atom. The standard InChI is InChI=1S/C26H36F3N3O6/c1-4-5-15-31-22(33)21(30-32(24(31)36)16-10-14-26(27,28)29)37-17-8-6-7-11-19-12-9-13-20(18-19)38-25(2,3)23(34)35/h9,12-13,18H,4-8,10-11,14-17H2,1-3H3,(H,34,35). The summed E-state index contributed by atoms with van der Waals surface area (Å²) < 4.78 is 50.5. The molecular weight excluding hydrogens is 507 g/mol. The number of carboxylic acids is 1. The fourth-order valence-electron chi connectivity index (χ4n) is 3.60. The molecule has 9 nitrogen and oxygen atoms in total. The molecule has 38 heavy (non-hydrogen) atoms. The Hall–Kier alpha value is -3.31. The fraction of sp³-hybridized carbons (Fsp3) is 0.615. The lowest BCUT2D eigenvalue weighted by Crippen LogP contribution is -2.42. The Balaban J connectivity index is 1.93. The van der Waals surface area contributed by atoms with Crippen LogP contribution in [-0.2, 0) is 24.3 Å². The quantitative estimate of drug-likeness (QED) is 0.308. The van der Waals surface area contributed by atoms with E-state index in [-0.39, 0.29) is 32.0 Å². The maximum absolute atomic E-state index is 12.7. The van der Waals surface area contributed by atoms with Crippen molar-refractivity contribution in [3.63, 3.8) is 0 Å². The van der Waals surface area contributed by atoms with E-state index in [1.165, 1.54) is 13.8 Å². The Morgan fingerprint density at radius 2 is 1.79 bits per heavy atom. The number of unbranched alkanes of at least 4 members (excludes halogenated alkanes) is 3. The highest BCUT2D eigenvalue weighted by molar-refractivity contribution is 5.76. The minimum Gasteiger partial charge on any atom is -0.478 e. The van der Waals surface area contributed by atoms with Crippen LogP contribution in [-0.4, -0.2) is 43.8 Å². The van der Waals surface area contributed by atoms with E-state index < -0.39 is 35.4 Å². The van der Waals surface area contributed by atoms with Crippen LogP contribution < -0.4 is 20.7 Å². The number of nitrogens with zero attached hydrogens (tertiary/aromatic N) is 3. The second-order valence-corrected chi connectivity index (χ2v) is 9.56. The number of benzene rings is 1. The molecule has 1 aromatic heterocycles. The van der Waals surface area contributed by atoms with Gasteiger partial charge in [-0.1, -0.05) is 25.5 Å². The molecular formula is C26H36F3N3O6. The Labute approximate surface area is 219 Å². The van der Waals surface area contributed by atoms with Crippen LogP contribution in [0.5, 0.6) is 11.6 Å². The summed E-state index contributed by atoms with van der Waals surface area (Å²) in [7, 11) is 0. The Bertz CT molecular complexity index is 1170. The first-order valence-corrected chi connectivity index (χ1v) is 12.8. The molecule has 0 unspecified atom stereocenters. The number of aryl methyl sites for hydroxylation is 2. The summed E-state index contributed by atoms with van der Waals surface area (Å²) in [5, 5.41) is 13.1. The Kier molecular flexibility index (Phi) is 11.4. The number of hydrogen-bond acceptors (Lipinski definition) is 6. The molecule has 2 rings (SSSR count). The van der Waals surface area contributed by atoms with Gasteiger partial charge in [-0.2, -0.15) is 13.2 Å². The highest BCUT2D eigenvalue weighted by atomic mass is 19.4. The van der Waals surface area contributed by atoms with Crippen LogP contribution in [0.1, 0.15) is 71.3 Å². The molecule has 0 radical (unpaired) electrons. The van der Waals surface area contributed by atoms with Gasteiger partial charge in [0.1, 0.15) is 5.75 Å². The molecule has 1 N–H and O–H groups in total. The molecule has 0 atom stereocenters. The molecule has 0 aliphatic carbocycles. The molecule has 0 saturated heterocycles. The first-order valence-electron chi connectivity index (χ1n) is 12.8. The molecule has 0 aliphatic rings. The number of halogens is 3. The highest BCUT2D eigenvalue weighted by Gasteiger charge is 2.29. The van der Waals surface area contributed by atoms with Gasteiger partial charge in [0.2, 0.25) is 0 Å². The van der Waals surface area contributed by atoms with Crippen LogP contribution in [0.15, 0.2) is 33.9 Å². The third-order valence-electron chi connectivity index (χ3n) is 5.79. The van der Waals surface area contributed by atoms with Crippen molar-refractivity contribution in [3.05, 3.63) is 50.7 Å². The number of carboxylic acid groups (broad SMARTS) is 1. The SMILES string of the molecule is CCCCn1c(=O)c(OCCCCCc2cccc(OC(C)(C)C(=O)O)c2)nn(CCCC(F)(F)F)c1=O. The third-order valence-corrected chi connectivity index (χ3v) is 5.79. The summed E-state index contributed by atoms with van der Waals surface area (Å²) >= 11 is 0. The van der Waals surface area contributed by atoms with Gasteiger partial charge in [-0.05, 0) is 70.1 Å². The van der Waals surface area contributed by atoms with Crippen LogP contribution in [0.2, 0.25) is 0 Å². The van der Waals surface area contributed by atoms with Crippen LogP contribution in [0.4, 0.5) is 13.2 Å². The van der Waals surface area contributed by atoms with Crippen molar-refractivity contribution in [1.82, 2.24) is 14.3 Å². The summed E-state index contributed by atoms with van der Waals surface area (Å²) in [6.07, 6.45) is -1.60. The summed E-state index contributed by atoms with van der Waals surface area (Å²) in [4.78, 5) is 36.5. The largest absolute Gasteiger partial charge is 0.478 e. The average molecular weight is 544 g/mol. The number of carbonyl (C=O) groups is 1. The molecule has 0 spiro atoms. The second-order valence-electron chi connectivity index (χ2n) is 9.56. The van der Waals surface area contributed by atoms with Gasteiger partial charge < -0.3 is 14.6 Å². The van der Waals surface area contributed by atoms with Crippen molar-refractivity contribution < 1.29 is 32.5 Å². The highest BCUT2D eigenvalue weighted by Crippen LogP contribution is 2.22. The van der Waals surface area contributed by atoms with Crippen molar-refractivity contribution in [3.8, 4) is 11.6 Å². The lowest BCUT2D eigenvalue weighted by atomic mass is 10.1. The molecule has 0 aliphatic heterocycles.